The highest BCUT2D eigenvalue weighted by molar-refractivity contribution is 5.41. The van der Waals surface area contributed by atoms with Gasteiger partial charge in [-0.05, 0) is 44.5 Å². The summed E-state index contributed by atoms with van der Waals surface area (Å²) in [6, 6.07) is 3.79. The number of hydrogen-bond acceptors (Lipinski definition) is 4. The molecule has 0 radical (unpaired) electrons. The largest absolute Gasteiger partial charge is 0.473 e. The Kier molecular flexibility index (Phi) is 5.67. The summed E-state index contributed by atoms with van der Waals surface area (Å²) in [5.74, 6) is 6.74. The summed E-state index contributed by atoms with van der Waals surface area (Å²) in [6.07, 6.45) is 5.38. The molecule has 19 heavy (non-hydrogen) atoms. The number of unbranched alkanes of at least 4 members (excludes halogenated alkanes) is 1. The minimum absolute atomic E-state index is 0.181. The summed E-state index contributed by atoms with van der Waals surface area (Å²) in [5.41, 5.74) is 0.832. The van der Waals surface area contributed by atoms with Crippen molar-refractivity contribution in [2.45, 2.75) is 31.8 Å². The molecule has 1 saturated heterocycles. The molecule has 1 aliphatic heterocycles. The predicted molar refractivity (Wildman–Crippen MR) is 74.0 cm³/mol. The standard InChI is InChI=1S/C15H20N2O2/c18-12-3-1-2-5-13-6-4-9-17-15(13)19-14-7-10-16-11-8-14/h4,6,9,14,16,18H,1,3,7-8,10-12H2. The molecular formula is C15H20N2O2. The van der Waals surface area contributed by atoms with Gasteiger partial charge in [0.15, 0.2) is 0 Å². The number of aliphatic hydroxyl groups excluding tert-OH is 1. The van der Waals surface area contributed by atoms with E-state index in [0.29, 0.717) is 18.7 Å². The van der Waals surface area contributed by atoms with Crippen molar-refractivity contribution < 1.29 is 9.84 Å². The molecule has 102 valence electrons. The number of piperidine rings is 1. The molecule has 0 spiro atoms. The van der Waals surface area contributed by atoms with Gasteiger partial charge in [0.2, 0.25) is 5.88 Å². The maximum absolute atomic E-state index is 8.72. The Bertz CT molecular complexity index is 445. The van der Waals surface area contributed by atoms with Gasteiger partial charge in [-0.3, -0.25) is 0 Å². The van der Waals surface area contributed by atoms with E-state index in [2.05, 4.69) is 22.1 Å². The molecule has 0 atom stereocenters. The summed E-state index contributed by atoms with van der Waals surface area (Å²) in [7, 11) is 0. The van der Waals surface area contributed by atoms with Crippen molar-refractivity contribution in [3.63, 3.8) is 0 Å². The van der Waals surface area contributed by atoms with E-state index in [1.807, 2.05) is 12.1 Å². The second kappa shape index (κ2) is 7.78. The Labute approximate surface area is 114 Å². The number of aromatic nitrogens is 1. The highest BCUT2D eigenvalue weighted by Gasteiger charge is 2.16. The lowest BCUT2D eigenvalue weighted by Crippen LogP contribution is -2.34. The average Bonchev–Trinajstić information content (AvgIpc) is 2.46. The molecule has 0 saturated carbocycles. The SMILES string of the molecule is OCCCC#Cc1cccnc1OC1CCNCC1. The Morgan fingerprint density at radius 3 is 3.05 bits per heavy atom. The first-order valence-corrected chi connectivity index (χ1v) is 6.82. The van der Waals surface area contributed by atoms with Crippen molar-refractivity contribution in [1.29, 1.82) is 0 Å². The summed E-state index contributed by atoms with van der Waals surface area (Å²) in [4.78, 5) is 4.28. The molecule has 1 fully saturated rings. The van der Waals surface area contributed by atoms with E-state index in [0.717, 1.165) is 31.5 Å². The van der Waals surface area contributed by atoms with Crippen LogP contribution < -0.4 is 10.1 Å². The lowest BCUT2D eigenvalue weighted by Gasteiger charge is -2.23. The summed E-state index contributed by atoms with van der Waals surface area (Å²) >= 11 is 0. The first kappa shape index (κ1) is 13.9. The smallest absolute Gasteiger partial charge is 0.229 e. The normalized spacial score (nSPS) is 15.6. The maximum Gasteiger partial charge on any atom is 0.229 e. The third kappa shape index (κ3) is 4.55. The van der Waals surface area contributed by atoms with Crippen LogP contribution in [0.15, 0.2) is 18.3 Å². The van der Waals surface area contributed by atoms with Crippen LogP contribution in [0.2, 0.25) is 0 Å². The predicted octanol–water partition coefficient (Wildman–Crippen LogP) is 1.34. The number of aliphatic hydroxyl groups is 1. The molecule has 0 aliphatic carbocycles. The van der Waals surface area contributed by atoms with E-state index in [9.17, 15) is 0 Å². The van der Waals surface area contributed by atoms with E-state index in [-0.39, 0.29) is 12.7 Å². The highest BCUT2D eigenvalue weighted by atomic mass is 16.5. The Hall–Kier alpha value is -1.57. The van der Waals surface area contributed by atoms with Gasteiger partial charge in [-0.15, -0.1) is 0 Å². The average molecular weight is 260 g/mol. The van der Waals surface area contributed by atoms with Crippen LogP contribution in [0.5, 0.6) is 5.88 Å². The minimum atomic E-state index is 0.181. The second-order valence-electron chi connectivity index (χ2n) is 4.55. The summed E-state index contributed by atoms with van der Waals surface area (Å²) in [6.45, 7) is 2.17. The van der Waals surface area contributed by atoms with Crippen molar-refractivity contribution in [3.05, 3.63) is 23.9 Å². The molecule has 1 aromatic heterocycles. The van der Waals surface area contributed by atoms with Gasteiger partial charge in [0.05, 0.1) is 5.56 Å². The lowest BCUT2D eigenvalue weighted by molar-refractivity contribution is 0.155. The zero-order valence-electron chi connectivity index (χ0n) is 11.1. The fourth-order valence-electron chi connectivity index (χ4n) is 1.98. The maximum atomic E-state index is 8.72. The molecule has 1 aliphatic rings. The highest BCUT2D eigenvalue weighted by Crippen LogP contribution is 2.18. The quantitative estimate of drug-likeness (QED) is 0.633. The monoisotopic (exact) mass is 260 g/mol. The zero-order valence-corrected chi connectivity index (χ0v) is 11.1. The van der Waals surface area contributed by atoms with Gasteiger partial charge in [0.1, 0.15) is 6.10 Å². The Balaban J connectivity index is 2.00. The molecule has 0 amide bonds. The van der Waals surface area contributed by atoms with Gasteiger partial charge in [-0.2, -0.15) is 0 Å². The van der Waals surface area contributed by atoms with Crippen LogP contribution in [-0.4, -0.2) is 35.9 Å². The van der Waals surface area contributed by atoms with E-state index in [1.165, 1.54) is 0 Å². The van der Waals surface area contributed by atoms with E-state index >= 15 is 0 Å². The number of rotatable bonds is 4. The van der Waals surface area contributed by atoms with Crippen LogP contribution in [-0.2, 0) is 0 Å². The zero-order chi connectivity index (χ0) is 13.3. The van der Waals surface area contributed by atoms with E-state index in [4.69, 9.17) is 9.84 Å². The summed E-state index contributed by atoms with van der Waals surface area (Å²) < 4.78 is 5.94. The molecule has 4 heteroatoms. The number of nitrogens with one attached hydrogen (secondary N) is 1. The van der Waals surface area contributed by atoms with E-state index in [1.54, 1.807) is 6.20 Å². The van der Waals surface area contributed by atoms with Crippen LogP contribution in [0.25, 0.3) is 0 Å². The molecule has 0 aromatic carbocycles. The molecule has 0 unspecified atom stereocenters. The van der Waals surface area contributed by atoms with Gasteiger partial charge in [0.25, 0.3) is 0 Å². The fraction of sp³-hybridized carbons (Fsp3) is 0.533. The molecule has 0 bridgehead atoms. The van der Waals surface area contributed by atoms with Gasteiger partial charge in [-0.25, -0.2) is 4.98 Å². The first-order chi connectivity index (χ1) is 9.40. The second-order valence-corrected chi connectivity index (χ2v) is 4.55. The molecule has 2 rings (SSSR count). The van der Waals surface area contributed by atoms with E-state index < -0.39 is 0 Å². The number of nitrogens with zero attached hydrogens (tertiary/aromatic N) is 1. The molecule has 4 nitrogen and oxygen atoms in total. The van der Waals surface area contributed by atoms with Crippen LogP contribution in [0.3, 0.4) is 0 Å². The Morgan fingerprint density at radius 1 is 1.42 bits per heavy atom. The van der Waals surface area contributed by atoms with Crippen molar-refractivity contribution >= 4 is 0 Å². The number of ether oxygens (including phenoxy) is 1. The Morgan fingerprint density at radius 2 is 2.26 bits per heavy atom. The van der Waals surface area contributed by atoms with Crippen molar-refractivity contribution in [2.24, 2.45) is 0 Å². The third-order valence-corrected chi connectivity index (χ3v) is 3.02. The van der Waals surface area contributed by atoms with Crippen LogP contribution in [0.4, 0.5) is 0 Å². The van der Waals surface area contributed by atoms with Gasteiger partial charge in [0, 0.05) is 19.2 Å². The van der Waals surface area contributed by atoms with Gasteiger partial charge in [-0.1, -0.05) is 11.8 Å². The summed E-state index contributed by atoms with van der Waals surface area (Å²) in [5, 5.41) is 12.0. The topological polar surface area (TPSA) is 54.4 Å². The van der Waals surface area contributed by atoms with Crippen LogP contribution >= 0.6 is 0 Å². The lowest BCUT2D eigenvalue weighted by atomic mass is 10.1. The third-order valence-electron chi connectivity index (χ3n) is 3.02. The number of pyridine rings is 1. The first-order valence-electron chi connectivity index (χ1n) is 6.82. The van der Waals surface area contributed by atoms with Gasteiger partial charge >= 0.3 is 0 Å². The van der Waals surface area contributed by atoms with Crippen LogP contribution in [0.1, 0.15) is 31.2 Å². The fourth-order valence-corrected chi connectivity index (χ4v) is 1.98. The molecule has 1 aromatic rings. The van der Waals surface area contributed by atoms with Crippen molar-refractivity contribution in [3.8, 4) is 17.7 Å². The van der Waals surface area contributed by atoms with Crippen molar-refractivity contribution in [2.75, 3.05) is 19.7 Å². The molecule has 2 N–H and O–H groups in total. The van der Waals surface area contributed by atoms with Crippen molar-refractivity contribution in [1.82, 2.24) is 10.3 Å². The van der Waals surface area contributed by atoms with Crippen LogP contribution in [0, 0.1) is 11.8 Å². The minimum Gasteiger partial charge on any atom is -0.473 e. The van der Waals surface area contributed by atoms with Gasteiger partial charge < -0.3 is 15.2 Å². The number of hydrogen-bond donors (Lipinski definition) is 2. The molecule has 2 heterocycles. The molecular weight excluding hydrogens is 240 g/mol.